The lowest BCUT2D eigenvalue weighted by Crippen LogP contribution is -2.37. The van der Waals surface area contributed by atoms with E-state index in [0.29, 0.717) is 6.61 Å². The molecule has 0 aromatic heterocycles. The first-order valence-electron chi connectivity index (χ1n) is 9.18. The molecule has 3 rings (SSSR count). The summed E-state index contributed by atoms with van der Waals surface area (Å²) >= 11 is 6.03. The predicted octanol–water partition coefficient (Wildman–Crippen LogP) is 1.62. The van der Waals surface area contributed by atoms with Gasteiger partial charge in [-0.2, -0.15) is 0 Å². The van der Waals surface area contributed by atoms with E-state index in [0.717, 1.165) is 31.7 Å². The fourth-order valence-corrected chi connectivity index (χ4v) is 4.34. The second kappa shape index (κ2) is 8.77. The third-order valence-electron chi connectivity index (χ3n) is 4.56. The van der Waals surface area contributed by atoms with Crippen LogP contribution in [0.15, 0.2) is 23.1 Å². The first-order valence-corrected chi connectivity index (χ1v) is 11.0. The van der Waals surface area contributed by atoms with Gasteiger partial charge in [0.2, 0.25) is 10.0 Å². The molecule has 1 amide bonds. The van der Waals surface area contributed by atoms with Crippen molar-refractivity contribution in [2.45, 2.75) is 55.8 Å². The molecule has 28 heavy (non-hydrogen) atoms. The Labute approximate surface area is 169 Å². The van der Waals surface area contributed by atoms with E-state index in [-0.39, 0.29) is 40.1 Å². The summed E-state index contributed by atoms with van der Waals surface area (Å²) in [6.07, 6.45) is 2.35. The number of carbonyl (C=O) groups is 2. The number of sulfonamides is 1. The summed E-state index contributed by atoms with van der Waals surface area (Å²) in [6.45, 7) is 2.21. The summed E-state index contributed by atoms with van der Waals surface area (Å²) in [7, 11) is -3.94. The van der Waals surface area contributed by atoms with Gasteiger partial charge in [0.25, 0.3) is 5.91 Å². The van der Waals surface area contributed by atoms with Crippen LogP contribution in [0.5, 0.6) is 0 Å². The molecule has 2 unspecified atom stereocenters. The van der Waals surface area contributed by atoms with Crippen LogP contribution < -0.4 is 10.0 Å². The Bertz CT molecular complexity index is 850. The van der Waals surface area contributed by atoms with Crippen LogP contribution in [-0.2, 0) is 24.3 Å². The fourth-order valence-electron chi connectivity index (χ4n) is 2.75. The predicted molar refractivity (Wildman–Crippen MR) is 102 cm³/mol. The Kier molecular flexibility index (Phi) is 6.59. The molecule has 1 saturated heterocycles. The van der Waals surface area contributed by atoms with Crippen molar-refractivity contribution < 1.29 is 27.5 Å². The molecular weight excluding hydrogens is 408 g/mol. The lowest BCUT2D eigenvalue weighted by Gasteiger charge is -2.15. The van der Waals surface area contributed by atoms with Crippen LogP contribution in [0.3, 0.4) is 0 Å². The van der Waals surface area contributed by atoms with Gasteiger partial charge in [-0.1, -0.05) is 11.6 Å². The maximum Gasteiger partial charge on any atom is 0.338 e. The molecule has 8 nitrogen and oxygen atoms in total. The van der Waals surface area contributed by atoms with E-state index in [1.807, 2.05) is 0 Å². The summed E-state index contributed by atoms with van der Waals surface area (Å²) in [5.41, 5.74) is -0.00652. The van der Waals surface area contributed by atoms with Crippen molar-refractivity contribution >= 4 is 33.5 Å². The van der Waals surface area contributed by atoms with Crippen LogP contribution in [0.4, 0.5) is 0 Å². The number of ether oxygens (including phenoxy) is 2. The second-order valence-corrected chi connectivity index (χ2v) is 9.11. The zero-order chi connectivity index (χ0) is 20.3. The molecule has 1 aromatic carbocycles. The Balaban J connectivity index is 1.67. The minimum Gasteiger partial charge on any atom is -0.449 e. The van der Waals surface area contributed by atoms with E-state index in [9.17, 15) is 18.0 Å². The molecule has 1 aromatic rings. The molecule has 0 spiro atoms. The van der Waals surface area contributed by atoms with Crippen molar-refractivity contribution in [3.05, 3.63) is 28.8 Å². The summed E-state index contributed by atoms with van der Waals surface area (Å²) in [4.78, 5) is 24.0. The van der Waals surface area contributed by atoms with Crippen LogP contribution in [0.2, 0.25) is 5.02 Å². The molecule has 0 bridgehead atoms. The number of hydrogen-bond acceptors (Lipinski definition) is 6. The normalized spacial score (nSPS) is 20.6. The van der Waals surface area contributed by atoms with Gasteiger partial charge in [0, 0.05) is 19.2 Å². The van der Waals surface area contributed by atoms with Crippen molar-refractivity contribution in [1.29, 1.82) is 0 Å². The van der Waals surface area contributed by atoms with E-state index >= 15 is 0 Å². The smallest absolute Gasteiger partial charge is 0.338 e. The molecular formula is C18H23ClN2O6S. The lowest BCUT2D eigenvalue weighted by molar-refractivity contribution is -0.129. The molecule has 0 radical (unpaired) electrons. The molecule has 1 saturated carbocycles. The summed E-state index contributed by atoms with van der Waals surface area (Å²) in [5.74, 6) is -1.18. The number of esters is 1. The van der Waals surface area contributed by atoms with Crippen LogP contribution >= 0.6 is 11.6 Å². The number of nitrogens with one attached hydrogen (secondary N) is 2. The van der Waals surface area contributed by atoms with Gasteiger partial charge in [0.05, 0.1) is 16.7 Å². The Morgan fingerprint density at radius 1 is 1.32 bits per heavy atom. The zero-order valence-electron chi connectivity index (χ0n) is 15.4. The molecule has 1 heterocycles. The van der Waals surface area contributed by atoms with Gasteiger partial charge < -0.3 is 14.8 Å². The SMILES string of the molecule is CC(OC(=O)c1ccc(Cl)c(S(=O)(=O)NCC2CCCO2)c1)C(=O)NC1CC1. The van der Waals surface area contributed by atoms with E-state index in [2.05, 4.69) is 10.0 Å². The summed E-state index contributed by atoms with van der Waals surface area (Å²) in [6, 6.07) is 3.97. The van der Waals surface area contributed by atoms with Gasteiger partial charge in [-0.3, -0.25) is 4.79 Å². The second-order valence-electron chi connectivity index (χ2n) is 6.96. The first kappa shape index (κ1) is 21.0. The quantitative estimate of drug-likeness (QED) is 0.606. The van der Waals surface area contributed by atoms with Crippen molar-refractivity contribution in [3.8, 4) is 0 Å². The van der Waals surface area contributed by atoms with E-state index < -0.39 is 22.1 Å². The third-order valence-corrected chi connectivity index (χ3v) is 6.46. The van der Waals surface area contributed by atoms with E-state index in [4.69, 9.17) is 21.1 Å². The highest BCUT2D eigenvalue weighted by Gasteiger charge is 2.28. The van der Waals surface area contributed by atoms with Crippen LogP contribution in [-0.4, -0.2) is 51.7 Å². The summed E-state index contributed by atoms with van der Waals surface area (Å²) in [5, 5.41) is 2.73. The number of benzene rings is 1. The Hall–Kier alpha value is -1.68. The van der Waals surface area contributed by atoms with Gasteiger partial charge in [-0.25, -0.2) is 17.9 Å². The minimum atomic E-state index is -3.94. The highest BCUT2D eigenvalue weighted by atomic mass is 35.5. The zero-order valence-corrected chi connectivity index (χ0v) is 17.0. The maximum absolute atomic E-state index is 12.6. The molecule has 154 valence electrons. The fraction of sp³-hybridized carbons (Fsp3) is 0.556. The van der Waals surface area contributed by atoms with Crippen LogP contribution in [0, 0.1) is 0 Å². The number of hydrogen-bond donors (Lipinski definition) is 2. The molecule has 1 aliphatic carbocycles. The van der Waals surface area contributed by atoms with E-state index in [1.54, 1.807) is 0 Å². The first-order chi connectivity index (χ1) is 13.3. The molecule has 2 fully saturated rings. The average molecular weight is 431 g/mol. The van der Waals surface area contributed by atoms with E-state index in [1.165, 1.54) is 19.1 Å². The number of rotatable bonds is 8. The maximum atomic E-state index is 12.6. The van der Waals surface area contributed by atoms with Crippen LogP contribution in [0.1, 0.15) is 43.0 Å². The van der Waals surface area contributed by atoms with Crippen LogP contribution in [0.25, 0.3) is 0 Å². The van der Waals surface area contributed by atoms with Crippen molar-refractivity contribution in [3.63, 3.8) is 0 Å². The lowest BCUT2D eigenvalue weighted by atomic mass is 10.2. The number of amides is 1. The molecule has 2 aliphatic rings. The summed E-state index contributed by atoms with van der Waals surface area (Å²) < 4.78 is 38.2. The molecule has 1 aliphatic heterocycles. The largest absolute Gasteiger partial charge is 0.449 e. The molecule has 2 atom stereocenters. The molecule has 10 heteroatoms. The standard InChI is InChI=1S/C18H23ClN2O6S/c1-11(17(22)21-13-5-6-13)27-18(23)12-4-7-15(19)16(9-12)28(24,25)20-10-14-3-2-8-26-14/h4,7,9,11,13-14,20H,2-3,5-6,8,10H2,1H3,(H,21,22). The van der Waals surface area contributed by atoms with Gasteiger partial charge in [0.1, 0.15) is 4.90 Å². The van der Waals surface area contributed by atoms with Crippen molar-refractivity contribution in [2.75, 3.05) is 13.2 Å². The highest BCUT2D eigenvalue weighted by Crippen LogP contribution is 2.24. The average Bonchev–Trinajstić information content (AvgIpc) is 3.30. The Morgan fingerprint density at radius 2 is 2.07 bits per heavy atom. The minimum absolute atomic E-state index is 0.00652. The third kappa shape index (κ3) is 5.44. The number of carbonyl (C=O) groups excluding carboxylic acids is 2. The van der Waals surface area contributed by atoms with Gasteiger partial charge in [-0.05, 0) is 50.8 Å². The highest BCUT2D eigenvalue weighted by molar-refractivity contribution is 7.89. The van der Waals surface area contributed by atoms with Crippen molar-refractivity contribution in [1.82, 2.24) is 10.0 Å². The topological polar surface area (TPSA) is 111 Å². The number of halogens is 1. The van der Waals surface area contributed by atoms with Gasteiger partial charge in [-0.15, -0.1) is 0 Å². The van der Waals surface area contributed by atoms with Gasteiger partial charge >= 0.3 is 5.97 Å². The monoisotopic (exact) mass is 430 g/mol. The molecule has 2 N–H and O–H groups in total. The Morgan fingerprint density at radius 3 is 2.71 bits per heavy atom. The van der Waals surface area contributed by atoms with Crippen molar-refractivity contribution in [2.24, 2.45) is 0 Å². The van der Waals surface area contributed by atoms with Gasteiger partial charge in [0.15, 0.2) is 6.10 Å².